The number of nitrogens with zero attached hydrogens (tertiary/aromatic N) is 2. The van der Waals surface area contributed by atoms with E-state index >= 15 is 0 Å². The molecule has 0 aromatic heterocycles. The van der Waals surface area contributed by atoms with E-state index in [2.05, 4.69) is 65.7 Å². The van der Waals surface area contributed by atoms with Gasteiger partial charge in [0.05, 0.1) is 7.11 Å². The highest BCUT2D eigenvalue weighted by Gasteiger charge is 2.25. The molecule has 1 N–H and O–H groups in total. The van der Waals surface area contributed by atoms with E-state index in [1.165, 1.54) is 11.1 Å². The fourth-order valence-electron chi connectivity index (χ4n) is 4.52. The van der Waals surface area contributed by atoms with E-state index in [0.717, 1.165) is 37.4 Å². The Morgan fingerprint density at radius 1 is 0.917 bits per heavy atom. The van der Waals surface area contributed by atoms with Gasteiger partial charge in [-0.25, -0.2) is 4.79 Å². The van der Waals surface area contributed by atoms with E-state index in [1.807, 2.05) is 41.3 Å². The van der Waals surface area contributed by atoms with Crippen LogP contribution in [0.4, 0.5) is 10.5 Å². The molecule has 0 spiro atoms. The number of amides is 1. The first kappa shape index (κ1) is 25.6. The van der Waals surface area contributed by atoms with Gasteiger partial charge in [0, 0.05) is 44.0 Å². The van der Waals surface area contributed by atoms with Crippen molar-refractivity contribution in [2.24, 2.45) is 0 Å². The zero-order valence-corrected chi connectivity index (χ0v) is 21.3. The molecule has 0 saturated carbocycles. The van der Waals surface area contributed by atoms with Crippen LogP contribution in [0.3, 0.4) is 0 Å². The maximum Gasteiger partial charge on any atom is 0.409 e. The molecule has 4 rings (SSSR count). The Morgan fingerprint density at radius 2 is 1.47 bits per heavy atom. The number of hydrogen-bond donors (Lipinski definition) is 1. The van der Waals surface area contributed by atoms with Crippen molar-refractivity contribution in [1.82, 2.24) is 9.80 Å². The second-order valence-corrected chi connectivity index (χ2v) is 9.44. The molecule has 36 heavy (non-hydrogen) atoms. The van der Waals surface area contributed by atoms with Crippen LogP contribution in [0.1, 0.15) is 30.9 Å². The molecule has 0 aliphatic carbocycles. The first-order valence-corrected chi connectivity index (χ1v) is 12.7. The Morgan fingerprint density at radius 3 is 2.00 bits per heavy atom. The second-order valence-electron chi connectivity index (χ2n) is 9.44. The van der Waals surface area contributed by atoms with Crippen LogP contribution in [0.25, 0.3) is 0 Å². The molecule has 0 unspecified atom stereocenters. The molecule has 3 aromatic carbocycles. The minimum Gasteiger partial charge on any atom is -0.497 e. The molecule has 190 valence electrons. The number of ether oxygens (including phenoxy) is 2. The van der Waals surface area contributed by atoms with Crippen molar-refractivity contribution in [2.45, 2.75) is 44.9 Å². The molecule has 1 amide bonds. The summed E-state index contributed by atoms with van der Waals surface area (Å²) in [6, 6.07) is 29.3. The molecular weight excluding hydrogens is 450 g/mol. The van der Waals surface area contributed by atoms with Crippen LogP contribution in [0, 0.1) is 0 Å². The average molecular weight is 488 g/mol. The quantitative estimate of drug-likeness (QED) is 0.392. The van der Waals surface area contributed by atoms with E-state index in [0.29, 0.717) is 25.7 Å². The molecule has 0 bridgehead atoms. The fraction of sp³-hybridized carbons (Fsp3) is 0.367. The molecule has 1 atom stereocenters. The maximum absolute atomic E-state index is 12.8. The normalized spacial score (nSPS) is 14.9. The number of carbonyl (C=O) groups is 1. The van der Waals surface area contributed by atoms with E-state index in [-0.39, 0.29) is 12.1 Å². The lowest BCUT2D eigenvalue weighted by Crippen LogP contribution is -2.44. The van der Waals surface area contributed by atoms with Gasteiger partial charge in [0.2, 0.25) is 0 Å². The van der Waals surface area contributed by atoms with E-state index in [9.17, 15) is 4.79 Å². The molecule has 1 heterocycles. The molecular formula is C30H37N3O3. The van der Waals surface area contributed by atoms with E-state index in [4.69, 9.17) is 9.47 Å². The Balaban J connectivity index is 1.26. The van der Waals surface area contributed by atoms with Crippen molar-refractivity contribution >= 4 is 11.8 Å². The molecule has 1 fully saturated rings. The smallest absolute Gasteiger partial charge is 0.409 e. The van der Waals surface area contributed by atoms with Gasteiger partial charge >= 0.3 is 6.09 Å². The number of likely N-dealkylation sites (tertiary alicyclic amines) is 1. The van der Waals surface area contributed by atoms with Crippen LogP contribution in [0.15, 0.2) is 84.9 Å². The van der Waals surface area contributed by atoms with Crippen molar-refractivity contribution in [2.75, 3.05) is 32.1 Å². The molecule has 1 aliphatic rings. The minimum absolute atomic E-state index is 0.0867. The van der Waals surface area contributed by atoms with Gasteiger partial charge in [-0.1, -0.05) is 60.7 Å². The first-order chi connectivity index (χ1) is 17.6. The Labute approximate surface area is 214 Å². The largest absolute Gasteiger partial charge is 0.497 e. The van der Waals surface area contributed by atoms with Crippen molar-refractivity contribution in [3.8, 4) is 5.75 Å². The summed E-state index contributed by atoms with van der Waals surface area (Å²) in [6.45, 7) is 5.48. The van der Waals surface area contributed by atoms with Crippen LogP contribution in [-0.4, -0.2) is 54.8 Å². The van der Waals surface area contributed by atoms with Crippen LogP contribution >= 0.6 is 0 Å². The fourth-order valence-corrected chi connectivity index (χ4v) is 4.52. The summed E-state index contributed by atoms with van der Waals surface area (Å²) in [4.78, 5) is 17.0. The van der Waals surface area contributed by atoms with Gasteiger partial charge in [-0.05, 0) is 55.2 Å². The first-order valence-electron chi connectivity index (χ1n) is 12.7. The third-order valence-corrected chi connectivity index (χ3v) is 6.74. The summed E-state index contributed by atoms with van der Waals surface area (Å²) >= 11 is 0. The van der Waals surface area contributed by atoms with Gasteiger partial charge in [-0.3, -0.25) is 4.90 Å². The number of anilines is 1. The van der Waals surface area contributed by atoms with Crippen LogP contribution in [0.2, 0.25) is 0 Å². The van der Waals surface area contributed by atoms with E-state index in [1.54, 1.807) is 7.11 Å². The molecule has 0 radical (unpaired) electrons. The Hall–Kier alpha value is -3.51. The number of rotatable bonds is 10. The molecule has 1 saturated heterocycles. The summed E-state index contributed by atoms with van der Waals surface area (Å²) in [5.74, 6) is 0.846. The average Bonchev–Trinajstić information content (AvgIpc) is 2.93. The highest BCUT2D eigenvalue weighted by Crippen LogP contribution is 2.20. The minimum atomic E-state index is -0.218. The maximum atomic E-state index is 12.8. The number of piperidine rings is 1. The summed E-state index contributed by atoms with van der Waals surface area (Å²) in [7, 11) is 1.67. The number of hydrogen-bond acceptors (Lipinski definition) is 5. The number of methoxy groups -OCH3 is 1. The van der Waals surface area contributed by atoms with Crippen molar-refractivity contribution in [3.63, 3.8) is 0 Å². The van der Waals surface area contributed by atoms with Crippen molar-refractivity contribution in [3.05, 3.63) is 96.1 Å². The highest BCUT2D eigenvalue weighted by atomic mass is 16.6. The number of benzene rings is 3. The summed E-state index contributed by atoms with van der Waals surface area (Å²) in [5, 5.41) is 3.56. The second kappa shape index (κ2) is 13.0. The summed E-state index contributed by atoms with van der Waals surface area (Å²) in [5.41, 5.74) is 3.57. The van der Waals surface area contributed by atoms with Gasteiger partial charge in [0.15, 0.2) is 0 Å². The number of carbonyl (C=O) groups excluding carboxylic acids is 1. The standard InChI is InChI=1S/C30H37N3O3/c1-24(33(21-25-9-5-3-6-10-25)22-26-11-7-4-8-12-26)23-36-30(34)32-19-17-28(18-20-32)31-27-13-15-29(35-2)16-14-27/h3-16,24,28,31H,17-23H2,1-2H3/t24-/m0/s1. The zero-order valence-electron chi connectivity index (χ0n) is 21.3. The monoisotopic (exact) mass is 487 g/mol. The molecule has 6 heteroatoms. The summed E-state index contributed by atoms with van der Waals surface area (Å²) < 4.78 is 11.0. The van der Waals surface area contributed by atoms with Crippen LogP contribution in [-0.2, 0) is 17.8 Å². The van der Waals surface area contributed by atoms with E-state index < -0.39 is 0 Å². The predicted molar refractivity (Wildman–Crippen MR) is 144 cm³/mol. The highest BCUT2D eigenvalue weighted by molar-refractivity contribution is 5.67. The SMILES string of the molecule is COc1ccc(NC2CCN(C(=O)OC[C@H](C)N(Cc3ccccc3)Cc3ccccc3)CC2)cc1. The number of nitrogens with one attached hydrogen (secondary N) is 1. The molecule has 6 nitrogen and oxygen atoms in total. The van der Waals surface area contributed by atoms with Crippen molar-refractivity contribution in [1.29, 1.82) is 0 Å². The lowest BCUT2D eigenvalue weighted by Gasteiger charge is -2.33. The van der Waals surface area contributed by atoms with Crippen LogP contribution in [0.5, 0.6) is 5.75 Å². The predicted octanol–water partition coefficient (Wildman–Crippen LogP) is 5.80. The lowest BCUT2D eigenvalue weighted by molar-refractivity contribution is 0.0595. The third-order valence-electron chi connectivity index (χ3n) is 6.74. The molecule has 1 aliphatic heterocycles. The summed E-state index contributed by atoms with van der Waals surface area (Å²) in [6.07, 6.45) is 1.57. The van der Waals surface area contributed by atoms with Gasteiger partial charge in [0.1, 0.15) is 12.4 Å². The Bertz CT molecular complexity index is 1010. The van der Waals surface area contributed by atoms with Gasteiger partial charge in [-0.15, -0.1) is 0 Å². The Kier molecular flexibility index (Phi) is 9.22. The van der Waals surface area contributed by atoms with Crippen molar-refractivity contribution < 1.29 is 14.3 Å². The topological polar surface area (TPSA) is 54.0 Å². The van der Waals surface area contributed by atoms with Gasteiger partial charge in [0.25, 0.3) is 0 Å². The van der Waals surface area contributed by atoms with Gasteiger partial charge in [-0.2, -0.15) is 0 Å². The molecule has 3 aromatic rings. The van der Waals surface area contributed by atoms with Gasteiger partial charge < -0.3 is 19.7 Å². The third kappa shape index (κ3) is 7.49. The lowest BCUT2D eigenvalue weighted by atomic mass is 10.1. The zero-order chi connectivity index (χ0) is 25.2. The van der Waals surface area contributed by atoms with Crippen LogP contribution < -0.4 is 10.1 Å².